The van der Waals surface area contributed by atoms with Crippen LogP contribution >= 0.6 is 0 Å². The molecule has 0 N–H and O–H groups in total. The van der Waals surface area contributed by atoms with Crippen LogP contribution in [0.25, 0.3) is 5.65 Å². The average molecular weight is 253 g/mol. The number of pyridine rings is 1. The summed E-state index contributed by atoms with van der Waals surface area (Å²) in [6.45, 7) is -2.92. The topological polar surface area (TPSA) is 51.7 Å². The molecule has 0 atom stereocenters. The molecular formula is C13H17N3O2. The zero-order chi connectivity index (χ0) is 18.4. The van der Waals surface area contributed by atoms with Crippen molar-refractivity contribution in [1.82, 2.24) is 9.30 Å². The summed E-state index contributed by atoms with van der Waals surface area (Å²) in [5.41, 5.74) is 1.57. The van der Waals surface area contributed by atoms with Gasteiger partial charge in [-0.3, -0.25) is 4.79 Å². The fourth-order valence-electron chi connectivity index (χ4n) is 1.88. The standard InChI is InChI=1S/C13H17N3O2/c1-9-5-6-12-15(8-9)11(10(2)16(12)18)7-13(17)14(3)4/h5-6,8H,7H2,1-4H3/i3D3,4D3. The van der Waals surface area contributed by atoms with E-state index in [4.69, 9.17) is 8.22 Å². The van der Waals surface area contributed by atoms with Gasteiger partial charge in [0.15, 0.2) is 5.69 Å². The van der Waals surface area contributed by atoms with Crippen molar-refractivity contribution in [3.05, 3.63) is 40.5 Å². The van der Waals surface area contributed by atoms with Gasteiger partial charge in [0.2, 0.25) is 5.91 Å². The smallest absolute Gasteiger partial charge is 0.289 e. The molecule has 0 aliphatic carbocycles. The zero-order valence-corrected chi connectivity index (χ0v) is 10.1. The van der Waals surface area contributed by atoms with Gasteiger partial charge < -0.3 is 10.1 Å². The van der Waals surface area contributed by atoms with Crippen LogP contribution in [0.2, 0.25) is 0 Å². The predicted octanol–water partition coefficient (Wildman–Crippen LogP) is 0.820. The Morgan fingerprint density at radius 2 is 2.22 bits per heavy atom. The van der Waals surface area contributed by atoms with Crippen LogP contribution in [0.3, 0.4) is 0 Å². The minimum Gasteiger partial charge on any atom is -0.710 e. The summed E-state index contributed by atoms with van der Waals surface area (Å²) in [4.78, 5) is 12.3. The maximum absolute atomic E-state index is 12.4. The van der Waals surface area contributed by atoms with E-state index < -0.39 is 26.3 Å². The van der Waals surface area contributed by atoms with Crippen molar-refractivity contribution in [2.45, 2.75) is 20.3 Å². The molecule has 0 saturated heterocycles. The van der Waals surface area contributed by atoms with Crippen LogP contribution in [0.5, 0.6) is 0 Å². The van der Waals surface area contributed by atoms with E-state index >= 15 is 0 Å². The fourth-order valence-corrected chi connectivity index (χ4v) is 1.88. The Labute approximate surface area is 114 Å². The number of imidazole rings is 1. The Bertz CT molecular complexity index is 780. The predicted molar refractivity (Wildman–Crippen MR) is 68.2 cm³/mol. The number of hydrogen-bond donors (Lipinski definition) is 0. The van der Waals surface area contributed by atoms with Crippen molar-refractivity contribution < 1.29 is 17.7 Å². The molecule has 0 spiro atoms. The quantitative estimate of drug-likeness (QED) is 0.588. The first kappa shape index (κ1) is 6.78. The minimum atomic E-state index is -3.10. The van der Waals surface area contributed by atoms with E-state index in [0.29, 0.717) is 4.73 Å². The van der Waals surface area contributed by atoms with Crippen molar-refractivity contribution in [2.75, 3.05) is 14.0 Å². The van der Waals surface area contributed by atoms with E-state index in [1.807, 2.05) is 0 Å². The van der Waals surface area contributed by atoms with E-state index in [1.54, 1.807) is 25.3 Å². The van der Waals surface area contributed by atoms with Crippen molar-refractivity contribution in [2.24, 2.45) is 0 Å². The Morgan fingerprint density at radius 1 is 1.50 bits per heavy atom. The third-order valence-corrected chi connectivity index (χ3v) is 2.86. The summed E-state index contributed by atoms with van der Waals surface area (Å²) in [6.07, 6.45) is 1.12. The maximum atomic E-state index is 12.4. The molecule has 0 fully saturated rings. The molecule has 96 valence electrons. The van der Waals surface area contributed by atoms with Gasteiger partial charge in [-0.15, -0.1) is 0 Å². The molecule has 2 rings (SSSR count). The van der Waals surface area contributed by atoms with E-state index in [9.17, 15) is 10.0 Å². The van der Waals surface area contributed by atoms with E-state index in [0.717, 1.165) is 5.56 Å². The molecule has 0 bridgehead atoms. The molecule has 0 saturated carbocycles. The summed E-state index contributed by atoms with van der Waals surface area (Å²) in [5.74, 6) is -1.10. The third kappa shape index (κ3) is 1.92. The highest BCUT2D eigenvalue weighted by Gasteiger charge is 2.21. The van der Waals surface area contributed by atoms with Crippen LogP contribution in [-0.4, -0.2) is 29.2 Å². The Balaban J connectivity index is 2.51. The lowest BCUT2D eigenvalue weighted by molar-refractivity contribution is -0.583. The zero-order valence-electron chi connectivity index (χ0n) is 16.1. The van der Waals surface area contributed by atoms with Crippen molar-refractivity contribution in [3.63, 3.8) is 0 Å². The minimum absolute atomic E-state index is 0.0935. The summed E-state index contributed by atoms with van der Waals surface area (Å²) in [6, 6.07) is 3.31. The van der Waals surface area contributed by atoms with Gasteiger partial charge in [-0.05, 0) is 18.6 Å². The third-order valence-electron chi connectivity index (χ3n) is 2.86. The molecule has 18 heavy (non-hydrogen) atoms. The summed E-state index contributed by atoms with van der Waals surface area (Å²) < 4.78 is 45.9. The van der Waals surface area contributed by atoms with Gasteiger partial charge in [0.05, 0.1) is 12.6 Å². The Morgan fingerprint density at radius 3 is 2.89 bits per heavy atom. The highest BCUT2D eigenvalue weighted by atomic mass is 16.5. The second-order valence-corrected chi connectivity index (χ2v) is 4.17. The monoisotopic (exact) mass is 253 g/mol. The van der Waals surface area contributed by atoms with Gasteiger partial charge in [0, 0.05) is 35.2 Å². The van der Waals surface area contributed by atoms with E-state index in [2.05, 4.69) is 0 Å². The second-order valence-electron chi connectivity index (χ2n) is 4.17. The molecule has 2 aromatic rings. The van der Waals surface area contributed by atoms with Gasteiger partial charge >= 0.3 is 0 Å². The highest BCUT2D eigenvalue weighted by Crippen LogP contribution is 2.12. The number of fused-ring (bicyclic) bond motifs is 1. The van der Waals surface area contributed by atoms with Crippen LogP contribution in [0.15, 0.2) is 18.3 Å². The van der Waals surface area contributed by atoms with Gasteiger partial charge in [-0.2, -0.15) is 4.40 Å². The molecule has 5 nitrogen and oxygen atoms in total. The van der Waals surface area contributed by atoms with Gasteiger partial charge in [0.1, 0.15) is 5.69 Å². The Kier molecular flexibility index (Phi) is 1.63. The molecular weight excluding hydrogens is 230 g/mol. The summed E-state index contributed by atoms with van der Waals surface area (Å²) >= 11 is 0. The van der Waals surface area contributed by atoms with Crippen LogP contribution < -0.4 is 4.73 Å². The number of rotatable bonds is 2. The van der Waals surface area contributed by atoms with Gasteiger partial charge in [-0.25, -0.2) is 4.73 Å². The molecule has 0 aromatic carbocycles. The molecule has 2 heterocycles. The Hall–Kier alpha value is -2.04. The molecule has 2 aromatic heterocycles. The molecule has 5 heteroatoms. The lowest BCUT2D eigenvalue weighted by atomic mass is 10.2. The fraction of sp³-hybridized carbons (Fsp3) is 0.385. The molecule has 0 radical (unpaired) electrons. The molecule has 0 unspecified atom stereocenters. The normalized spacial score (nSPS) is 17.2. The average Bonchev–Trinajstić information content (AvgIpc) is 2.60. The van der Waals surface area contributed by atoms with Crippen LogP contribution in [0, 0.1) is 19.1 Å². The SMILES string of the molecule is [2H]C([2H])([2H])N(C(=O)Cc1c(C)[n+]([O-])c2ccc(C)cn12)C([2H])([2H])[2H]. The second kappa shape index (κ2) is 4.33. The number of amides is 1. The van der Waals surface area contributed by atoms with E-state index in [-0.39, 0.29) is 21.9 Å². The molecule has 0 aliphatic heterocycles. The van der Waals surface area contributed by atoms with Crippen molar-refractivity contribution in [1.29, 1.82) is 0 Å². The summed E-state index contributed by atoms with van der Waals surface area (Å²) in [7, 11) is 0. The number of aryl methyl sites for hydroxylation is 1. The molecule has 0 aliphatic rings. The number of hydrogen-bond acceptors (Lipinski definition) is 2. The largest absolute Gasteiger partial charge is 0.710 e. The molecule has 1 amide bonds. The first-order valence-electron chi connectivity index (χ1n) is 8.37. The number of likely N-dealkylation sites (N-methyl/N-ethyl adjacent to an activating group) is 1. The number of nitrogens with zero attached hydrogens (tertiary/aromatic N) is 3. The maximum Gasteiger partial charge on any atom is 0.289 e. The summed E-state index contributed by atoms with van der Waals surface area (Å²) in [5, 5.41) is 12.2. The van der Waals surface area contributed by atoms with Crippen LogP contribution in [0.4, 0.5) is 0 Å². The van der Waals surface area contributed by atoms with Gasteiger partial charge in [-0.1, -0.05) is 0 Å². The first-order chi connectivity index (χ1) is 10.8. The number of carbonyl (C=O) groups excluding carboxylic acids is 1. The number of aromatic nitrogens is 2. The lowest BCUT2D eigenvalue weighted by Crippen LogP contribution is -2.29. The van der Waals surface area contributed by atoms with E-state index in [1.165, 1.54) is 11.3 Å². The number of carbonyl (C=O) groups is 1. The van der Waals surface area contributed by atoms with Crippen LogP contribution in [0.1, 0.15) is 25.2 Å². The lowest BCUT2D eigenvalue weighted by Gasteiger charge is -2.08. The highest BCUT2D eigenvalue weighted by molar-refractivity contribution is 5.78. The van der Waals surface area contributed by atoms with Crippen molar-refractivity contribution >= 4 is 11.6 Å². The van der Waals surface area contributed by atoms with Crippen molar-refractivity contribution in [3.8, 4) is 0 Å². The van der Waals surface area contributed by atoms with Crippen LogP contribution in [-0.2, 0) is 11.2 Å². The van der Waals surface area contributed by atoms with Gasteiger partial charge in [0.25, 0.3) is 5.65 Å². The first-order valence-corrected chi connectivity index (χ1v) is 5.37.